The van der Waals surface area contributed by atoms with E-state index < -0.39 is 0 Å². The maximum absolute atomic E-state index is 12.8. The fourth-order valence-electron chi connectivity index (χ4n) is 4.68. The molecule has 0 saturated heterocycles. The zero-order valence-electron chi connectivity index (χ0n) is 18.3. The summed E-state index contributed by atoms with van der Waals surface area (Å²) in [7, 11) is 0. The second-order valence-corrected chi connectivity index (χ2v) is 10.8. The summed E-state index contributed by atoms with van der Waals surface area (Å²) in [5, 5.41) is 7.79. The van der Waals surface area contributed by atoms with Crippen molar-refractivity contribution in [3.05, 3.63) is 76.4 Å². The molecule has 2 N–H and O–H groups in total. The molecule has 170 valence electrons. The van der Waals surface area contributed by atoms with Crippen LogP contribution in [0.5, 0.6) is 0 Å². The molecule has 8 heteroatoms. The van der Waals surface area contributed by atoms with Crippen molar-refractivity contribution in [1.29, 1.82) is 0 Å². The molecule has 4 aromatic rings. The Morgan fingerprint density at radius 2 is 2.00 bits per heavy atom. The van der Waals surface area contributed by atoms with E-state index in [2.05, 4.69) is 20.6 Å². The van der Waals surface area contributed by atoms with Gasteiger partial charge in [0, 0.05) is 34.3 Å². The molecule has 1 aliphatic heterocycles. The molecule has 1 atom stereocenters. The number of benzene rings is 2. The second kappa shape index (κ2) is 8.85. The topological polar surface area (TPSA) is 84.0 Å². The molecule has 1 aliphatic carbocycles. The van der Waals surface area contributed by atoms with Gasteiger partial charge in [-0.05, 0) is 48.1 Å². The standard InChI is InChI=1S/C26H22N4O2S2/c31-22-11-16-6-8-18(12-20(16)33-22)30-24-23-19-9-7-17(10-21(19)34-26(23)29-14-28-24)25(32)27-13-15-4-2-1-3-5-15/h1-6,8,12,14,17H,7,9-11,13H2,(H,27,32)(H,28,29,30). The highest BCUT2D eigenvalue weighted by Gasteiger charge is 2.29. The Hall–Kier alpha value is -3.23. The predicted octanol–water partition coefficient (Wildman–Crippen LogP) is 5.03. The molecule has 6 nitrogen and oxygen atoms in total. The van der Waals surface area contributed by atoms with Crippen molar-refractivity contribution in [2.75, 3.05) is 5.32 Å². The molecule has 0 saturated carbocycles. The summed E-state index contributed by atoms with van der Waals surface area (Å²) in [6.07, 6.45) is 4.45. The monoisotopic (exact) mass is 486 g/mol. The number of thioether (sulfide) groups is 1. The normalized spacial score (nSPS) is 16.8. The Bertz CT molecular complexity index is 1420. The average Bonchev–Trinajstić information content (AvgIpc) is 3.42. The van der Waals surface area contributed by atoms with Gasteiger partial charge in [0.1, 0.15) is 17.0 Å². The number of carbonyl (C=O) groups excluding carboxylic acids is 2. The second-order valence-electron chi connectivity index (χ2n) is 8.65. The third-order valence-corrected chi connectivity index (χ3v) is 8.55. The number of anilines is 2. The quantitative estimate of drug-likeness (QED) is 0.412. The van der Waals surface area contributed by atoms with Crippen LogP contribution < -0.4 is 10.6 Å². The third-order valence-electron chi connectivity index (χ3n) is 6.41. The molecule has 2 aromatic carbocycles. The molecule has 2 aromatic heterocycles. The minimum Gasteiger partial charge on any atom is -0.352 e. The minimum absolute atomic E-state index is 0.0279. The molecule has 34 heavy (non-hydrogen) atoms. The highest BCUT2D eigenvalue weighted by atomic mass is 32.2. The number of rotatable bonds is 5. The van der Waals surface area contributed by atoms with E-state index in [1.54, 1.807) is 17.7 Å². The summed E-state index contributed by atoms with van der Waals surface area (Å²) in [6, 6.07) is 16.0. The number of nitrogens with zero attached hydrogens (tertiary/aromatic N) is 2. The molecule has 0 fully saturated rings. The van der Waals surface area contributed by atoms with Gasteiger partial charge in [-0.25, -0.2) is 9.97 Å². The number of hydrogen-bond acceptors (Lipinski definition) is 7. The molecular formula is C26H22N4O2S2. The molecule has 0 spiro atoms. The van der Waals surface area contributed by atoms with Gasteiger partial charge in [-0.15, -0.1) is 11.3 Å². The Kier molecular flexibility index (Phi) is 5.55. The average molecular weight is 487 g/mol. The van der Waals surface area contributed by atoms with E-state index in [9.17, 15) is 9.59 Å². The number of carbonyl (C=O) groups is 2. The first kappa shape index (κ1) is 21.3. The zero-order valence-corrected chi connectivity index (χ0v) is 20.0. The SMILES string of the molecule is O=C1Cc2ccc(Nc3ncnc4sc5c(c34)CCC(C(=O)NCc3ccccc3)C5)cc2S1. The smallest absolute Gasteiger partial charge is 0.223 e. The summed E-state index contributed by atoms with van der Waals surface area (Å²) in [6.45, 7) is 0.555. The van der Waals surface area contributed by atoms with Crippen LogP contribution in [0.4, 0.5) is 11.5 Å². The third kappa shape index (κ3) is 4.08. The van der Waals surface area contributed by atoms with E-state index in [1.807, 2.05) is 48.5 Å². The largest absolute Gasteiger partial charge is 0.352 e. The molecule has 1 unspecified atom stereocenters. The molecule has 0 radical (unpaired) electrons. The summed E-state index contributed by atoms with van der Waals surface area (Å²) < 4.78 is 0. The van der Waals surface area contributed by atoms with Gasteiger partial charge in [-0.1, -0.05) is 48.2 Å². The van der Waals surface area contributed by atoms with Crippen LogP contribution in [0.25, 0.3) is 10.2 Å². The Balaban J connectivity index is 1.22. The van der Waals surface area contributed by atoms with Crippen molar-refractivity contribution in [1.82, 2.24) is 15.3 Å². The summed E-state index contributed by atoms with van der Waals surface area (Å²) in [5.41, 5.74) is 4.35. The lowest BCUT2D eigenvalue weighted by atomic mass is 9.87. The first-order valence-corrected chi connectivity index (χ1v) is 12.9. The van der Waals surface area contributed by atoms with Gasteiger partial charge in [-0.3, -0.25) is 9.59 Å². The Morgan fingerprint density at radius 3 is 2.88 bits per heavy atom. The number of hydrogen-bond donors (Lipinski definition) is 2. The number of thiophene rings is 1. The Morgan fingerprint density at radius 1 is 1.12 bits per heavy atom. The van der Waals surface area contributed by atoms with Crippen LogP contribution in [-0.2, 0) is 35.4 Å². The lowest BCUT2D eigenvalue weighted by Crippen LogP contribution is -2.33. The van der Waals surface area contributed by atoms with Crippen molar-refractivity contribution in [3.63, 3.8) is 0 Å². The summed E-state index contributed by atoms with van der Waals surface area (Å²) in [5.74, 6) is 0.866. The maximum Gasteiger partial charge on any atom is 0.223 e. The lowest BCUT2D eigenvalue weighted by Gasteiger charge is -2.22. The molecule has 6 rings (SSSR count). The van der Waals surface area contributed by atoms with Crippen molar-refractivity contribution < 1.29 is 9.59 Å². The van der Waals surface area contributed by atoms with Gasteiger partial charge in [0.25, 0.3) is 0 Å². The van der Waals surface area contributed by atoms with Gasteiger partial charge in [-0.2, -0.15) is 0 Å². The number of amides is 1. The van der Waals surface area contributed by atoms with Crippen LogP contribution in [0.2, 0.25) is 0 Å². The fraction of sp³-hybridized carbons (Fsp3) is 0.231. The number of nitrogens with one attached hydrogen (secondary N) is 2. The summed E-state index contributed by atoms with van der Waals surface area (Å²) in [4.78, 5) is 36.8. The van der Waals surface area contributed by atoms with E-state index in [-0.39, 0.29) is 16.9 Å². The van der Waals surface area contributed by atoms with Crippen molar-refractivity contribution in [2.24, 2.45) is 5.92 Å². The number of aromatic nitrogens is 2. The van der Waals surface area contributed by atoms with Crippen molar-refractivity contribution in [3.8, 4) is 0 Å². The van der Waals surface area contributed by atoms with Gasteiger partial charge in [0.15, 0.2) is 5.12 Å². The van der Waals surface area contributed by atoms with E-state index in [4.69, 9.17) is 0 Å². The van der Waals surface area contributed by atoms with Crippen molar-refractivity contribution >= 4 is 55.8 Å². The van der Waals surface area contributed by atoms with Crippen LogP contribution in [0.1, 0.15) is 28.0 Å². The summed E-state index contributed by atoms with van der Waals surface area (Å²) >= 11 is 2.96. The van der Waals surface area contributed by atoms with Crippen LogP contribution >= 0.6 is 23.1 Å². The van der Waals surface area contributed by atoms with E-state index in [1.165, 1.54) is 22.2 Å². The van der Waals surface area contributed by atoms with Crippen LogP contribution in [0.15, 0.2) is 59.8 Å². The van der Waals surface area contributed by atoms with Crippen LogP contribution in [0.3, 0.4) is 0 Å². The Labute approximate surface area is 205 Å². The molecule has 2 aliphatic rings. The lowest BCUT2D eigenvalue weighted by molar-refractivity contribution is -0.125. The molecule has 0 bridgehead atoms. The van der Waals surface area contributed by atoms with Crippen LogP contribution in [-0.4, -0.2) is 21.0 Å². The maximum atomic E-state index is 12.8. The minimum atomic E-state index is -0.0279. The van der Waals surface area contributed by atoms with Crippen LogP contribution in [0, 0.1) is 5.92 Å². The molecule has 1 amide bonds. The van der Waals surface area contributed by atoms with Gasteiger partial charge in [0.2, 0.25) is 5.91 Å². The number of aryl methyl sites for hydroxylation is 1. The fourth-order valence-corrected chi connectivity index (χ4v) is 6.88. The van der Waals surface area contributed by atoms with Crippen molar-refractivity contribution in [2.45, 2.75) is 37.1 Å². The van der Waals surface area contributed by atoms with Gasteiger partial charge in [0.05, 0.1) is 5.39 Å². The number of fused-ring (bicyclic) bond motifs is 4. The molecular weight excluding hydrogens is 464 g/mol. The van der Waals surface area contributed by atoms with Gasteiger partial charge < -0.3 is 10.6 Å². The predicted molar refractivity (Wildman–Crippen MR) is 136 cm³/mol. The van der Waals surface area contributed by atoms with E-state index in [0.717, 1.165) is 57.0 Å². The zero-order chi connectivity index (χ0) is 23.1. The van der Waals surface area contributed by atoms with E-state index in [0.29, 0.717) is 13.0 Å². The first-order chi connectivity index (χ1) is 16.6. The van der Waals surface area contributed by atoms with Gasteiger partial charge >= 0.3 is 0 Å². The van der Waals surface area contributed by atoms with E-state index >= 15 is 0 Å². The highest BCUT2D eigenvalue weighted by Crippen LogP contribution is 2.41. The first-order valence-electron chi connectivity index (χ1n) is 11.3. The highest BCUT2D eigenvalue weighted by molar-refractivity contribution is 8.14. The molecule has 3 heterocycles.